The fourth-order valence-electron chi connectivity index (χ4n) is 2.05. The zero-order chi connectivity index (χ0) is 13.2. The molecule has 3 rings (SSSR count). The molecule has 0 fully saturated rings. The molecule has 3 aromatic rings. The lowest BCUT2D eigenvalue weighted by molar-refractivity contribution is 0.444. The second kappa shape index (κ2) is 4.85. The predicted molar refractivity (Wildman–Crippen MR) is 72.5 cm³/mol. The molecule has 0 aliphatic rings. The van der Waals surface area contributed by atoms with E-state index in [4.69, 9.17) is 4.42 Å². The van der Waals surface area contributed by atoms with Crippen LogP contribution in [0.3, 0.4) is 0 Å². The highest BCUT2D eigenvalue weighted by atomic mass is 16.3. The highest BCUT2D eigenvalue weighted by Gasteiger charge is 2.11. The van der Waals surface area contributed by atoms with Gasteiger partial charge < -0.3 is 9.73 Å². The number of hydrogen-bond acceptors (Lipinski definition) is 4. The van der Waals surface area contributed by atoms with Crippen LogP contribution in [0, 0.1) is 0 Å². The van der Waals surface area contributed by atoms with Gasteiger partial charge in [-0.15, -0.1) is 5.10 Å². The van der Waals surface area contributed by atoms with Crippen LogP contribution in [-0.2, 0) is 13.6 Å². The van der Waals surface area contributed by atoms with Gasteiger partial charge in [0, 0.05) is 19.0 Å². The third-order valence-electron chi connectivity index (χ3n) is 3.27. The van der Waals surface area contributed by atoms with Crippen molar-refractivity contribution in [2.75, 3.05) is 0 Å². The number of nitrogens with one attached hydrogen (secondary N) is 1. The fraction of sp³-hybridized carbons (Fsp3) is 0.286. The van der Waals surface area contributed by atoms with E-state index in [-0.39, 0.29) is 6.04 Å². The van der Waals surface area contributed by atoms with E-state index in [1.807, 2.05) is 25.2 Å². The minimum absolute atomic E-state index is 0.141. The highest BCUT2D eigenvalue weighted by molar-refractivity contribution is 5.77. The molecule has 5 nitrogen and oxygen atoms in total. The Labute approximate surface area is 111 Å². The lowest BCUT2D eigenvalue weighted by atomic mass is 10.2. The number of aromatic nitrogens is 3. The summed E-state index contributed by atoms with van der Waals surface area (Å²) in [6.07, 6.45) is 1.76. The first-order valence-corrected chi connectivity index (χ1v) is 6.29. The van der Waals surface area contributed by atoms with Gasteiger partial charge in [0.15, 0.2) is 0 Å². The molecule has 19 heavy (non-hydrogen) atoms. The van der Waals surface area contributed by atoms with Gasteiger partial charge in [-0.3, -0.25) is 4.68 Å². The van der Waals surface area contributed by atoms with E-state index in [2.05, 4.69) is 34.7 Å². The maximum Gasteiger partial charge on any atom is 0.134 e. The van der Waals surface area contributed by atoms with Crippen LogP contribution in [0.2, 0.25) is 0 Å². The third-order valence-corrected chi connectivity index (χ3v) is 3.27. The molecule has 1 atom stereocenters. The van der Waals surface area contributed by atoms with Gasteiger partial charge in [-0.25, -0.2) is 0 Å². The normalized spacial score (nSPS) is 12.9. The molecular weight excluding hydrogens is 240 g/mol. The van der Waals surface area contributed by atoms with Crippen molar-refractivity contribution in [1.29, 1.82) is 0 Å². The van der Waals surface area contributed by atoms with Crippen LogP contribution in [-0.4, -0.2) is 15.0 Å². The van der Waals surface area contributed by atoms with Crippen molar-refractivity contribution in [3.63, 3.8) is 0 Å². The number of hydrogen-bond donors (Lipinski definition) is 1. The van der Waals surface area contributed by atoms with Crippen molar-refractivity contribution < 1.29 is 4.42 Å². The summed E-state index contributed by atoms with van der Waals surface area (Å²) in [4.78, 5) is 0. The topological polar surface area (TPSA) is 55.9 Å². The van der Waals surface area contributed by atoms with Gasteiger partial charge >= 0.3 is 0 Å². The number of para-hydroxylation sites is 1. The Morgan fingerprint density at radius 1 is 1.37 bits per heavy atom. The number of nitrogens with zero attached hydrogens (tertiary/aromatic N) is 3. The van der Waals surface area contributed by atoms with Crippen LogP contribution in [0.25, 0.3) is 11.0 Å². The zero-order valence-corrected chi connectivity index (χ0v) is 11.0. The van der Waals surface area contributed by atoms with Crippen molar-refractivity contribution >= 4 is 11.0 Å². The lowest BCUT2D eigenvalue weighted by Gasteiger charge is -2.10. The Bertz CT molecular complexity index is 652. The van der Waals surface area contributed by atoms with Crippen molar-refractivity contribution in [2.45, 2.75) is 19.5 Å². The van der Waals surface area contributed by atoms with E-state index in [0.29, 0.717) is 6.54 Å². The molecule has 0 aliphatic heterocycles. The second-order valence-electron chi connectivity index (χ2n) is 4.64. The summed E-state index contributed by atoms with van der Waals surface area (Å²) in [5.74, 6) is 0.941. The summed E-state index contributed by atoms with van der Waals surface area (Å²) in [6, 6.07) is 10.3. The summed E-state index contributed by atoms with van der Waals surface area (Å²) in [5, 5.41) is 12.3. The molecule has 1 aromatic carbocycles. The summed E-state index contributed by atoms with van der Waals surface area (Å²) >= 11 is 0. The maximum atomic E-state index is 5.83. The van der Waals surface area contributed by atoms with Gasteiger partial charge in [-0.1, -0.05) is 23.4 Å². The average Bonchev–Trinajstić information content (AvgIpc) is 3.01. The van der Waals surface area contributed by atoms with Crippen LogP contribution in [0.15, 0.2) is 40.9 Å². The van der Waals surface area contributed by atoms with Gasteiger partial charge in [0.25, 0.3) is 0 Å². The molecule has 0 aliphatic carbocycles. The zero-order valence-electron chi connectivity index (χ0n) is 11.0. The van der Waals surface area contributed by atoms with Gasteiger partial charge in [0.1, 0.15) is 11.3 Å². The number of aryl methyl sites for hydroxylation is 1. The van der Waals surface area contributed by atoms with E-state index in [1.165, 1.54) is 0 Å². The second-order valence-corrected chi connectivity index (χ2v) is 4.64. The Balaban J connectivity index is 1.73. The Kier molecular flexibility index (Phi) is 3.05. The summed E-state index contributed by atoms with van der Waals surface area (Å²) in [7, 11) is 1.88. The Hall–Kier alpha value is -2.14. The SMILES string of the molecule is CC(NCc1cnnn1C)c1cc2ccccc2o1. The molecule has 0 radical (unpaired) electrons. The fourth-order valence-corrected chi connectivity index (χ4v) is 2.05. The summed E-state index contributed by atoms with van der Waals surface area (Å²) in [6.45, 7) is 2.79. The van der Waals surface area contributed by atoms with E-state index >= 15 is 0 Å². The quantitative estimate of drug-likeness (QED) is 0.778. The first-order chi connectivity index (χ1) is 9.24. The minimum Gasteiger partial charge on any atom is -0.459 e. The first kappa shape index (κ1) is 11.9. The lowest BCUT2D eigenvalue weighted by Crippen LogP contribution is -2.19. The maximum absolute atomic E-state index is 5.83. The average molecular weight is 256 g/mol. The number of benzene rings is 1. The minimum atomic E-state index is 0.141. The number of rotatable bonds is 4. The molecule has 0 spiro atoms. The smallest absolute Gasteiger partial charge is 0.134 e. The van der Waals surface area contributed by atoms with Crippen molar-refractivity contribution in [2.24, 2.45) is 7.05 Å². The largest absolute Gasteiger partial charge is 0.459 e. The van der Waals surface area contributed by atoms with Crippen molar-refractivity contribution in [3.05, 3.63) is 48.0 Å². The summed E-state index contributed by atoms with van der Waals surface area (Å²) < 4.78 is 7.59. The molecule has 0 saturated carbocycles. The molecule has 0 saturated heterocycles. The van der Waals surface area contributed by atoms with Crippen LogP contribution in [0.1, 0.15) is 24.4 Å². The van der Waals surface area contributed by atoms with E-state index in [0.717, 1.165) is 22.4 Å². The molecule has 1 unspecified atom stereocenters. The molecule has 2 aromatic heterocycles. The monoisotopic (exact) mass is 256 g/mol. The highest BCUT2D eigenvalue weighted by Crippen LogP contribution is 2.23. The molecule has 5 heteroatoms. The van der Waals surface area contributed by atoms with Crippen LogP contribution >= 0.6 is 0 Å². The third kappa shape index (κ3) is 2.37. The molecule has 2 heterocycles. The number of furan rings is 1. The van der Waals surface area contributed by atoms with Crippen LogP contribution in [0.4, 0.5) is 0 Å². The van der Waals surface area contributed by atoms with Crippen LogP contribution < -0.4 is 5.32 Å². The predicted octanol–water partition coefficient (Wildman–Crippen LogP) is 2.41. The van der Waals surface area contributed by atoms with Crippen molar-refractivity contribution in [1.82, 2.24) is 20.3 Å². The Morgan fingerprint density at radius 3 is 2.95 bits per heavy atom. The molecule has 98 valence electrons. The first-order valence-electron chi connectivity index (χ1n) is 6.29. The molecular formula is C14H16N4O. The molecule has 0 bridgehead atoms. The van der Waals surface area contributed by atoms with E-state index < -0.39 is 0 Å². The summed E-state index contributed by atoms with van der Waals surface area (Å²) in [5.41, 5.74) is 1.97. The van der Waals surface area contributed by atoms with Gasteiger partial charge in [0.05, 0.1) is 17.9 Å². The van der Waals surface area contributed by atoms with Gasteiger partial charge in [-0.05, 0) is 19.1 Å². The molecule has 1 N–H and O–H groups in total. The van der Waals surface area contributed by atoms with E-state index in [9.17, 15) is 0 Å². The van der Waals surface area contributed by atoms with Gasteiger partial charge in [0.2, 0.25) is 0 Å². The van der Waals surface area contributed by atoms with Crippen LogP contribution in [0.5, 0.6) is 0 Å². The molecule has 0 amide bonds. The number of fused-ring (bicyclic) bond motifs is 1. The van der Waals surface area contributed by atoms with E-state index in [1.54, 1.807) is 10.9 Å². The van der Waals surface area contributed by atoms with Gasteiger partial charge in [-0.2, -0.15) is 0 Å². The standard InChI is InChI=1S/C14H16N4O/c1-10(15-8-12-9-16-17-18(12)2)14-7-11-5-3-4-6-13(11)19-14/h3-7,9-10,15H,8H2,1-2H3. The van der Waals surface area contributed by atoms with Crippen molar-refractivity contribution in [3.8, 4) is 0 Å². The Morgan fingerprint density at radius 2 is 2.21 bits per heavy atom.